The normalized spacial score (nSPS) is 10.2. The van der Waals surface area contributed by atoms with Crippen LogP contribution in [-0.4, -0.2) is 20.0 Å². The van der Waals surface area contributed by atoms with Crippen LogP contribution in [0.1, 0.15) is 18.2 Å². The van der Waals surface area contributed by atoms with E-state index in [0.29, 0.717) is 13.1 Å². The van der Waals surface area contributed by atoms with Crippen LogP contribution in [0.25, 0.3) is 0 Å². The number of nitrogens with one attached hydrogen (secondary N) is 1. The van der Waals surface area contributed by atoms with Gasteiger partial charge in [-0.15, -0.1) is 12.4 Å². The second-order valence-corrected chi connectivity index (χ2v) is 4.08. The van der Waals surface area contributed by atoms with Gasteiger partial charge in [0.25, 0.3) is 0 Å². The molecule has 0 amide bonds. The third kappa shape index (κ3) is 4.15. The monoisotopic (exact) mass is 283 g/mol. The van der Waals surface area contributed by atoms with E-state index < -0.39 is 0 Å². The number of rotatable bonds is 5. The molecule has 0 aliphatic rings. The van der Waals surface area contributed by atoms with Gasteiger partial charge >= 0.3 is 0 Å². The molecule has 6 heteroatoms. The van der Waals surface area contributed by atoms with Gasteiger partial charge in [-0.3, -0.25) is 4.68 Å². The molecule has 5 nitrogen and oxygen atoms in total. The summed E-state index contributed by atoms with van der Waals surface area (Å²) < 4.78 is 1.87. The van der Waals surface area contributed by atoms with Crippen molar-refractivity contribution in [2.75, 3.05) is 0 Å². The third-order valence-electron chi connectivity index (χ3n) is 2.71. The van der Waals surface area contributed by atoms with Gasteiger partial charge in [0.1, 0.15) is 11.5 Å². The first kappa shape index (κ1) is 15.3. The van der Waals surface area contributed by atoms with Gasteiger partial charge in [0, 0.05) is 37.5 Å². The number of aromatic nitrogens is 2. The smallest absolute Gasteiger partial charge is 0.123 e. The van der Waals surface area contributed by atoms with Crippen molar-refractivity contribution in [3.8, 4) is 11.5 Å². The molecule has 0 atom stereocenters. The van der Waals surface area contributed by atoms with Crippen molar-refractivity contribution >= 4 is 12.4 Å². The Kier molecular flexibility index (Phi) is 5.66. The highest BCUT2D eigenvalue weighted by atomic mass is 35.5. The summed E-state index contributed by atoms with van der Waals surface area (Å²) in [5.74, 6) is 0.166. The Balaban J connectivity index is 0.00000180. The van der Waals surface area contributed by atoms with E-state index in [0.717, 1.165) is 17.8 Å². The molecule has 104 valence electrons. The number of nitrogens with zero attached hydrogens (tertiary/aromatic N) is 2. The maximum absolute atomic E-state index is 9.61. The Labute approximate surface area is 118 Å². The van der Waals surface area contributed by atoms with E-state index in [2.05, 4.69) is 10.4 Å². The number of halogens is 1. The second kappa shape index (κ2) is 7.01. The number of aryl methyl sites for hydroxylation is 1. The molecule has 0 aliphatic heterocycles. The zero-order chi connectivity index (χ0) is 13.0. The second-order valence-electron chi connectivity index (χ2n) is 4.08. The lowest BCUT2D eigenvalue weighted by molar-refractivity contribution is 0.443. The Morgan fingerprint density at radius 3 is 2.63 bits per heavy atom. The van der Waals surface area contributed by atoms with Crippen LogP contribution in [-0.2, 0) is 19.6 Å². The first-order chi connectivity index (χ1) is 8.69. The Hall–Kier alpha value is -1.72. The number of hydrogen-bond acceptors (Lipinski definition) is 4. The fraction of sp³-hybridized carbons (Fsp3) is 0.308. The van der Waals surface area contributed by atoms with Gasteiger partial charge in [-0.1, -0.05) is 6.07 Å². The standard InChI is InChI=1S/C13H17N3O2.ClH/c1-2-16-6-5-11(15-16)9-14-8-10-3-4-12(17)7-13(10)18;/h3-7,14,17-18H,2,8-9H2,1H3;1H. The van der Waals surface area contributed by atoms with Crippen LogP contribution in [0.2, 0.25) is 0 Å². The zero-order valence-corrected chi connectivity index (χ0v) is 11.5. The third-order valence-corrected chi connectivity index (χ3v) is 2.71. The Morgan fingerprint density at radius 2 is 2.00 bits per heavy atom. The van der Waals surface area contributed by atoms with Crippen molar-refractivity contribution in [1.82, 2.24) is 15.1 Å². The van der Waals surface area contributed by atoms with E-state index in [1.165, 1.54) is 6.07 Å². The van der Waals surface area contributed by atoms with Gasteiger partial charge in [0.05, 0.1) is 5.69 Å². The van der Waals surface area contributed by atoms with Crippen molar-refractivity contribution in [2.45, 2.75) is 26.6 Å². The molecular weight excluding hydrogens is 266 g/mol. The number of hydrogen-bond donors (Lipinski definition) is 3. The first-order valence-electron chi connectivity index (χ1n) is 5.93. The van der Waals surface area contributed by atoms with E-state index in [4.69, 9.17) is 0 Å². The van der Waals surface area contributed by atoms with Crippen LogP contribution >= 0.6 is 12.4 Å². The van der Waals surface area contributed by atoms with Crippen LogP contribution in [0.4, 0.5) is 0 Å². The molecular formula is C13H18ClN3O2. The topological polar surface area (TPSA) is 70.3 Å². The molecule has 0 radical (unpaired) electrons. The van der Waals surface area contributed by atoms with Crippen molar-refractivity contribution in [1.29, 1.82) is 0 Å². The van der Waals surface area contributed by atoms with Crippen molar-refractivity contribution in [3.05, 3.63) is 41.7 Å². The van der Waals surface area contributed by atoms with Gasteiger partial charge in [-0.2, -0.15) is 5.10 Å². The SMILES string of the molecule is CCn1ccc(CNCc2ccc(O)cc2O)n1.Cl. The molecule has 19 heavy (non-hydrogen) atoms. The summed E-state index contributed by atoms with van der Waals surface area (Å²) in [6.07, 6.45) is 1.94. The lowest BCUT2D eigenvalue weighted by Gasteiger charge is -2.06. The summed E-state index contributed by atoms with van der Waals surface area (Å²) in [5.41, 5.74) is 1.72. The highest BCUT2D eigenvalue weighted by Gasteiger charge is 2.03. The average Bonchev–Trinajstić information content (AvgIpc) is 2.80. The molecule has 1 heterocycles. The van der Waals surface area contributed by atoms with Crippen LogP contribution in [0.3, 0.4) is 0 Å². The van der Waals surface area contributed by atoms with E-state index in [1.54, 1.807) is 12.1 Å². The van der Waals surface area contributed by atoms with Crippen molar-refractivity contribution in [3.63, 3.8) is 0 Å². The highest BCUT2D eigenvalue weighted by Crippen LogP contribution is 2.22. The summed E-state index contributed by atoms with van der Waals surface area (Å²) in [5, 5.41) is 26.3. The predicted octanol–water partition coefficient (Wildman–Crippen LogP) is 2.03. The minimum absolute atomic E-state index is 0. The van der Waals surface area contributed by atoms with Crippen LogP contribution in [0, 0.1) is 0 Å². The summed E-state index contributed by atoms with van der Waals surface area (Å²) in [6, 6.07) is 6.56. The van der Waals surface area contributed by atoms with Gasteiger partial charge in [0.15, 0.2) is 0 Å². The molecule has 0 aliphatic carbocycles. The van der Waals surface area contributed by atoms with E-state index in [9.17, 15) is 10.2 Å². The molecule has 2 aromatic rings. The summed E-state index contributed by atoms with van der Waals surface area (Å²) in [4.78, 5) is 0. The van der Waals surface area contributed by atoms with Gasteiger partial charge in [-0.05, 0) is 19.1 Å². The Bertz CT molecular complexity index is 528. The number of phenols is 2. The first-order valence-corrected chi connectivity index (χ1v) is 5.93. The lowest BCUT2D eigenvalue weighted by atomic mass is 10.2. The van der Waals surface area contributed by atoms with Crippen LogP contribution in [0.5, 0.6) is 11.5 Å². The molecule has 0 bridgehead atoms. The molecule has 0 spiro atoms. The number of benzene rings is 1. The molecule has 2 rings (SSSR count). The quantitative estimate of drug-likeness (QED) is 0.785. The van der Waals surface area contributed by atoms with Gasteiger partial charge in [-0.25, -0.2) is 0 Å². The summed E-state index contributed by atoms with van der Waals surface area (Å²) in [7, 11) is 0. The number of aromatic hydroxyl groups is 2. The van der Waals surface area contributed by atoms with E-state index in [1.807, 2.05) is 23.9 Å². The maximum Gasteiger partial charge on any atom is 0.123 e. The summed E-state index contributed by atoms with van der Waals surface area (Å²) >= 11 is 0. The highest BCUT2D eigenvalue weighted by molar-refractivity contribution is 5.85. The maximum atomic E-state index is 9.61. The summed E-state index contributed by atoms with van der Waals surface area (Å²) in [6.45, 7) is 4.08. The van der Waals surface area contributed by atoms with Crippen LogP contribution in [0.15, 0.2) is 30.5 Å². The molecule has 3 N–H and O–H groups in total. The minimum Gasteiger partial charge on any atom is -0.508 e. The van der Waals surface area contributed by atoms with E-state index in [-0.39, 0.29) is 23.9 Å². The minimum atomic E-state index is 0. The van der Waals surface area contributed by atoms with Gasteiger partial charge in [0.2, 0.25) is 0 Å². The van der Waals surface area contributed by atoms with Crippen molar-refractivity contribution in [2.24, 2.45) is 0 Å². The molecule has 0 unspecified atom stereocenters. The fourth-order valence-electron chi connectivity index (χ4n) is 1.70. The van der Waals surface area contributed by atoms with Gasteiger partial charge < -0.3 is 15.5 Å². The molecule has 0 fully saturated rings. The zero-order valence-electron chi connectivity index (χ0n) is 10.7. The Morgan fingerprint density at radius 1 is 1.21 bits per heavy atom. The van der Waals surface area contributed by atoms with E-state index >= 15 is 0 Å². The van der Waals surface area contributed by atoms with Crippen LogP contribution < -0.4 is 5.32 Å². The molecule has 1 aromatic heterocycles. The molecule has 0 saturated carbocycles. The predicted molar refractivity (Wildman–Crippen MR) is 75.5 cm³/mol. The fourth-order valence-corrected chi connectivity index (χ4v) is 1.70. The van der Waals surface area contributed by atoms with Crippen molar-refractivity contribution < 1.29 is 10.2 Å². The number of phenolic OH excluding ortho intramolecular Hbond substituents is 2. The average molecular weight is 284 g/mol. The molecule has 0 saturated heterocycles. The molecule has 1 aromatic carbocycles. The lowest BCUT2D eigenvalue weighted by Crippen LogP contribution is -2.13. The largest absolute Gasteiger partial charge is 0.508 e.